The largest absolute Gasteiger partial charge is 0.508 e. The number of benzene rings is 1. The van der Waals surface area contributed by atoms with Gasteiger partial charge in [0.25, 0.3) is 0 Å². The van der Waals surface area contributed by atoms with Crippen molar-refractivity contribution in [3.8, 4) is 5.75 Å². The van der Waals surface area contributed by atoms with Crippen LogP contribution in [-0.4, -0.2) is 18.2 Å². The van der Waals surface area contributed by atoms with E-state index in [4.69, 9.17) is 0 Å². The Bertz CT molecular complexity index is 394. The fourth-order valence-electron chi connectivity index (χ4n) is 1.36. The summed E-state index contributed by atoms with van der Waals surface area (Å²) in [6, 6.07) is 4.79. The van der Waals surface area contributed by atoms with Gasteiger partial charge >= 0.3 is 5.97 Å². The molecule has 0 saturated heterocycles. The summed E-state index contributed by atoms with van der Waals surface area (Å²) in [5.74, 6) is -0.344. The summed E-state index contributed by atoms with van der Waals surface area (Å²) in [5, 5.41) is 9.64. The Morgan fingerprint density at radius 1 is 1.53 bits per heavy atom. The van der Waals surface area contributed by atoms with Gasteiger partial charge in [-0.05, 0) is 25.5 Å². The van der Waals surface area contributed by atoms with Gasteiger partial charge in [0, 0.05) is 5.56 Å². The van der Waals surface area contributed by atoms with Crippen LogP contribution < -0.4 is 0 Å². The van der Waals surface area contributed by atoms with Crippen molar-refractivity contribution in [3.63, 3.8) is 0 Å². The van der Waals surface area contributed by atoms with Crippen LogP contribution in [0.1, 0.15) is 22.8 Å². The second-order valence-electron chi connectivity index (χ2n) is 3.43. The van der Waals surface area contributed by atoms with Crippen LogP contribution in [0, 0.1) is 0 Å². The van der Waals surface area contributed by atoms with Gasteiger partial charge in [0.15, 0.2) is 0 Å². The van der Waals surface area contributed by atoms with Crippen molar-refractivity contribution in [2.75, 3.05) is 7.11 Å². The van der Waals surface area contributed by atoms with E-state index in [1.807, 2.05) is 6.92 Å². The van der Waals surface area contributed by atoms with Crippen molar-refractivity contribution in [1.29, 1.82) is 0 Å². The number of carbonyl (C=O) groups excluding carboxylic acids is 1. The van der Waals surface area contributed by atoms with Crippen molar-refractivity contribution in [2.45, 2.75) is 13.3 Å². The monoisotopic (exact) mass is 206 g/mol. The van der Waals surface area contributed by atoms with Gasteiger partial charge in [-0.3, -0.25) is 0 Å². The minimum Gasteiger partial charge on any atom is -0.508 e. The normalized spacial score (nSPS) is 9.73. The quantitative estimate of drug-likeness (QED) is 0.609. The molecule has 80 valence electrons. The third-order valence-corrected chi connectivity index (χ3v) is 2.04. The van der Waals surface area contributed by atoms with Crippen molar-refractivity contribution in [3.05, 3.63) is 41.5 Å². The summed E-state index contributed by atoms with van der Waals surface area (Å²) < 4.78 is 4.63. The highest BCUT2D eigenvalue weighted by Gasteiger charge is 2.14. The molecule has 0 amide bonds. The predicted molar refractivity (Wildman–Crippen MR) is 58.0 cm³/mol. The predicted octanol–water partition coefficient (Wildman–Crippen LogP) is 2.30. The van der Waals surface area contributed by atoms with Crippen LogP contribution in [0.3, 0.4) is 0 Å². The molecule has 0 aromatic heterocycles. The number of hydrogen-bond donors (Lipinski definition) is 1. The molecule has 3 nitrogen and oxygen atoms in total. The average molecular weight is 206 g/mol. The van der Waals surface area contributed by atoms with Crippen LogP contribution in [0.25, 0.3) is 0 Å². The van der Waals surface area contributed by atoms with Gasteiger partial charge in [-0.1, -0.05) is 18.2 Å². The number of hydrogen-bond acceptors (Lipinski definition) is 3. The van der Waals surface area contributed by atoms with Crippen LogP contribution in [0.15, 0.2) is 30.4 Å². The van der Waals surface area contributed by atoms with E-state index in [-0.39, 0.29) is 5.75 Å². The second-order valence-corrected chi connectivity index (χ2v) is 3.43. The number of phenolic OH excluding ortho intramolecular Hbond substituents is 1. The number of ether oxygens (including phenoxy) is 1. The molecule has 0 aliphatic heterocycles. The number of phenols is 1. The molecule has 15 heavy (non-hydrogen) atoms. The third-order valence-electron chi connectivity index (χ3n) is 2.04. The number of carbonyl (C=O) groups is 1. The second kappa shape index (κ2) is 4.64. The van der Waals surface area contributed by atoms with E-state index in [1.165, 1.54) is 7.11 Å². The molecular weight excluding hydrogens is 192 g/mol. The van der Waals surface area contributed by atoms with Gasteiger partial charge < -0.3 is 9.84 Å². The summed E-state index contributed by atoms with van der Waals surface area (Å²) in [6.45, 7) is 5.60. The van der Waals surface area contributed by atoms with Crippen molar-refractivity contribution in [2.24, 2.45) is 0 Å². The molecule has 0 spiro atoms. The van der Waals surface area contributed by atoms with E-state index in [9.17, 15) is 9.90 Å². The van der Waals surface area contributed by atoms with Crippen molar-refractivity contribution < 1.29 is 14.6 Å². The number of allylic oxidation sites excluding steroid dienone is 1. The van der Waals surface area contributed by atoms with Crippen LogP contribution in [0.2, 0.25) is 0 Å². The molecule has 3 heteroatoms. The number of methoxy groups -OCH3 is 1. The molecule has 0 atom stereocenters. The minimum absolute atomic E-state index is 0.0981. The van der Waals surface area contributed by atoms with E-state index in [2.05, 4.69) is 11.3 Å². The first-order chi connectivity index (χ1) is 7.06. The molecule has 0 heterocycles. The van der Waals surface area contributed by atoms with Crippen molar-refractivity contribution >= 4 is 5.97 Å². The summed E-state index contributed by atoms with van der Waals surface area (Å²) in [5.41, 5.74) is 1.83. The zero-order valence-electron chi connectivity index (χ0n) is 8.91. The number of rotatable bonds is 3. The van der Waals surface area contributed by atoms with Gasteiger partial charge in [-0.2, -0.15) is 0 Å². The maximum atomic E-state index is 11.4. The van der Waals surface area contributed by atoms with Gasteiger partial charge in [0.05, 0.1) is 12.7 Å². The zero-order chi connectivity index (χ0) is 11.4. The molecule has 0 radical (unpaired) electrons. The Kier molecular flexibility index (Phi) is 3.50. The number of esters is 1. The Morgan fingerprint density at radius 2 is 2.20 bits per heavy atom. The zero-order valence-corrected chi connectivity index (χ0v) is 8.91. The molecule has 0 aliphatic carbocycles. The molecule has 0 saturated carbocycles. The van der Waals surface area contributed by atoms with Crippen LogP contribution in [0.4, 0.5) is 0 Å². The molecular formula is C12H14O3. The van der Waals surface area contributed by atoms with E-state index >= 15 is 0 Å². The highest BCUT2D eigenvalue weighted by molar-refractivity contribution is 5.91. The first kappa shape index (κ1) is 11.3. The standard InChI is InChI=1S/C12H14O3/c1-8(2)7-10-9(12(14)15-3)5-4-6-11(10)13/h4-6,13H,1,7H2,2-3H3. The number of aromatic hydroxyl groups is 1. The lowest BCUT2D eigenvalue weighted by Crippen LogP contribution is -2.06. The van der Waals surface area contributed by atoms with Crippen molar-refractivity contribution in [1.82, 2.24) is 0 Å². The average Bonchev–Trinajstić information content (AvgIpc) is 2.19. The highest BCUT2D eigenvalue weighted by atomic mass is 16.5. The first-order valence-electron chi connectivity index (χ1n) is 4.59. The lowest BCUT2D eigenvalue weighted by atomic mass is 10.0. The van der Waals surface area contributed by atoms with E-state index in [1.54, 1.807) is 18.2 Å². The molecule has 1 aromatic carbocycles. The molecule has 0 unspecified atom stereocenters. The smallest absolute Gasteiger partial charge is 0.338 e. The lowest BCUT2D eigenvalue weighted by Gasteiger charge is -2.09. The summed E-state index contributed by atoms with van der Waals surface area (Å²) >= 11 is 0. The lowest BCUT2D eigenvalue weighted by molar-refractivity contribution is 0.0599. The molecule has 1 rings (SSSR count). The summed E-state index contributed by atoms with van der Waals surface area (Å²) in [7, 11) is 1.32. The SMILES string of the molecule is C=C(C)Cc1c(O)cccc1C(=O)OC. The molecule has 1 N–H and O–H groups in total. The Labute approximate surface area is 89.0 Å². The van der Waals surface area contributed by atoms with Gasteiger partial charge in [0.1, 0.15) is 5.75 Å². The summed E-state index contributed by atoms with van der Waals surface area (Å²) in [6.07, 6.45) is 0.469. The van der Waals surface area contributed by atoms with E-state index in [0.717, 1.165) is 5.57 Å². The van der Waals surface area contributed by atoms with Gasteiger partial charge in [0.2, 0.25) is 0 Å². The topological polar surface area (TPSA) is 46.5 Å². The Balaban J connectivity index is 3.19. The molecule has 0 fully saturated rings. The Hall–Kier alpha value is -1.77. The molecule has 0 bridgehead atoms. The molecule has 0 aliphatic rings. The minimum atomic E-state index is -0.442. The van der Waals surface area contributed by atoms with E-state index < -0.39 is 5.97 Å². The molecule has 1 aromatic rings. The maximum absolute atomic E-state index is 11.4. The first-order valence-corrected chi connectivity index (χ1v) is 4.59. The highest BCUT2D eigenvalue weighted by Crippen LogP contribution is 2.24. The maximum Gasteiger partial charge on any atom is 0.338 e. The summed E-state index contributed by atoms with van der Waals surface area (Å²) in [4.78, 5) is 11.4. The Morgan fingerprint density at radius 3 is 2.73 bits per heavy atom. The fourth-order valence-corrected chi connectivity index (χ4v) is 1.36. The van der Waals surface area contributed by atoms with Gasteiger partial charge in [-0.15, -0.1) is 0 Å². The van der Waals surface area contributed by atoms with E-state index in [0.29, 0.717) is 17.5 Å². The third kappa shape index (κ3) is 2.59. The van der Waals surface area contributed by atoms with Crippen LogP contribution in [0.5, 0.6) is 5.75 Å². The van der Waals surface area contributed by atoms with Crippen LogP contribution >= 0.6 is 0 Å². The van der Waals surface area contributed by atoms with Crippen LogP contribution in [-0.2, 0) is 11.2 Å². The van der Waals surface area contributed by atoms with Gasteiger partial charge in [-0.25, -0.2) is 4.79 Å². The fraction of sp³-hybridized carbons (Fsp3) is 0.250.